The number of nitrogens with zero attached hydrogens (tertiary/aromatic N) is 3. The highest BCUT2D eigenvalue weighted by atomic mass is 32.2. The van der Waals surface area contributed by atoms with Crippen molar-refractivity contribution in [3.05, 3.63) is 35.6 Å². The van der Waals surface area contributed by atoms with Crippen LogP contribution < -0.4 is 5.32 Å². The summed E-state index contributed by atoms with van der Waals surface area (Å²) in [5.41, 5.74) is 0.783. The van der Waals surface area contributed by atoms with Gasteiger partial charge in [0.05, 0.1) is 12.3 Å². The summed E-state index contributed by atoms with van der Waals surface area (Å²) in [6.45, 7) is 5.11. The molecule has 2 aliphatic rings. The molecule has 0 unspecified atom stereocenters. The number of urea groups is 1. The van der Waals surface area contributed by atoms with Gasteiger partial charge in [-0.05, 0) is 56.2 Å². The summed E-state index contributed by atoms with van der Waals surface area (Å²) in [6.07, 6.45) is 7.90. The Kier molecular flexibility index (Phi) is 11.2. The molecule has 37 heavy (non-hydrogen) atoms. The van der Waals surface area contributed by atoms with Gasteiger partial charge in [-0.15, -0.1) is 0 Å². The normalized spacial score (nSPS) is 17.7. The van der Waals surface area contributed by atoms with Gasteiger partial charge in [-0.2, -0.15) is 4.31 Å². The zero-order valence-corrected chi connectivity index (χ0v) is 23.1. The molecule has 1 saturated carbocycles. The summed E-state index contributed by atoms with van der Waals surface area (Å²) < 4.78 is 40.4. The summed E-state index contributed by atoms with van der Waals surface area (Å²) in [5.74, 6) is -0.603. The Hall–Kier alpha value is -2.20. The van der Waals surface area contributed by atoms with E-state index in [0.717, 1.165) is 31.2 Å². The predicted molar refractivity (Wildman–Crippen MR) is 143 cm³/mol. The van der Waals surface area contributed by atoms with Gasteiger partial charge in [0, 0.05) is 38.3 Å². The van der Waals surface area contributed by atoms with Crippen molar-refractivity contribution in [2.24, 2.45) is 0 Å². The lowest BCUT2D eigenvalue weighted by atomic mass is 9.95. The first-order valence-electron chi connectivity index (χ1n) is 13.8. The van der Waals surface area contributed by atoms with Crippen LogP contribution in [0.4, 0.5) is 9.18 Å². The van der Waals surface area contributed by atoms with Crippen LogP contribution in [0.3, 0.4) is 0 Å². The third kappa shape index (κ3) is 8.67. The molecule has 0 aromatic heterocycles. The van der Waals surface area contributed by atoms with E-state index >= 15 is 0 Å². The molecule has 1 N–H and O–H groups in total. The third-order valence-corrected chi connectivity index (χ3v) is 9.37. The second-order valence-electron chi connectivity index (χ2n) is 10.3. The summed E-state index contributed by atoms with van der Waals surface area (Å²) in [7, 11) is -3.53. The van der Waals surface area contributed by atoms with E-state index in [1.807, 2.05) is 18.7 Å². The van der Waals surface area contributed by atoms with Crippen LogP contribution in [0.1, 0.15) is 77.2 Å². The number of carbonyl (C=O) groups is 2. The van der Waals surface area contributed by atoms with E-state index < -0.39 is 10.0 Å². The summed E-state index contributed by atoms with van der Waals surface area (Å²) in [6, 6.07) is 6.11. The van der Waals surface area contributed by atoms with Gasteiger partial charge < -0.3 is 15.1 Å². The van der Waals surface area contributed by atoms with Crippen molar-refractivity contribution in [3.8, 4) is 0 Å². The minimum atomic E-state index is -3.53. The molecule has 10 heteroatoms. The van der Waals surface area contributed by atoms with Gasteiger partial charge in [0.15, 0.2) is 0 Å². The maximum atomic E-state index is 13.6. The van der Waals surface area contributed by atoms with Crippen LogP contribution in [0.2, 0.25) is 0 Å². The molecule has 0 bridgehead atoms. The SMILES string of the molecule is CCCN(CC(=O)N(Cc1ccc(F)cc1)C1CCN(C(=O)NC2CCCCC2)CC1)S(=O)(=O)CCC. The highest BCUT2D eigenvalue weighted by Crippen LogP contribution is 2.22. The Bertz CT molecular complexity index is 975. The Morgan fingerprint density at radius 3 is 2.24 bits per heavy atom. The molecule has 1 aromatic rings. The molecule has 1 heterocycles. The molecule has 1 aliphatic heterocycles. The molecule has 3 rings (SSSR count). The number of amides is 3. The van der Waals surface area contributed by atoms with E-state index in [1.165, 1.54) is 22.9 Å². The molecule has 1 aliphatic carbocycles. The number of piperidine rings is 1. The third-order valence-electron chi connectivity index (χ3n) is 7.35. The number of halogens is 1. The molecule has 0 radical (unpaired) electrons. The fourth-order valence-corrected chi connectivity index (χ4v) is 6.84. The Balaban J connectivity index is 1.69. The summed E-state index contributed by atoms with van der Waals surface area (Å²) in [4.78, 5) is 29.9. The Labute approximate surface area is 221 Å². The minimum Gasteiger partial charge on any atom is -0.335 e. The average molecular weight is 539 g/mol. The largest absolute Gasteiger partial charge is 0.335 e. The number of sulfonamides is 1. The van der Waals surface area contributed by atoms with Crippen LogP contribution in [-0.2, 0) is 21.4 Å². The Morgan fingerprint density at radius 1 is 1.00 bits per heavy atom. The van der Waals surface area contributed by atoms with E-state index in [1.54, 1.807) is 17.0 Å². The van der Waals surface area contributed by atoms with Crippen molar-refractivity contribution >= 4 is 22.0 Å². The molecule has 0 atom stereocenters. The second kappa shape index (κ2) is 14.1. The van der Waals surface area contributed by atoms with Crippen molar-refractivity contribution in [1.29, 1.82) is 0 Å². The first kappa shape index (κ1) is 29.4. The van der Waals surface area contributed by atoms with Crippen molar-refractivity contribution in [2.75, 3.05) is 31.9 Å². The molecule has 8 nitrogen and oxygen atoms in total. The van der Waals surface area contributed by atoms with Gasteiger partial charge in [-0.1, -0.05) is 45.2 Å². The summed E-state index contributed by atoms with van der Waals surface area (Å²) in [5, 5.41) is 3.17. The van der Waals surface area contributed by atoms with Crippen LogP contribution in [-0.4, -0.2) is 78.5 Å². The summed E-state index contributed by atoms with van der Waals surface area (Å²) >= 11 is 0. The maximum Gasteiger partial charge on any atom is 0.317 e. The molecule has 3 amide bonds. The zero-order chi connectivity index (χ0) is 26.8. The topological polar surface area (TPSA) is 90.0 Å². The van der Waals surface area contributed by atoms with Gasteiger partial charge in [-0.25, -0.2) is 17.6 Å². The molecule has 0 spiro atoms. The highest BCUT2D eigenvalue weighted by molar-refractivity contribution is 7.89. The van der Waals surface area contributed by atoms with Crippen molar-refractivity contribution < 1.29 is 22.4 Å². The number of benzene rings is 1. The number of carbonyl (C=O) groups excluding carboxylic acids is 2. The predicted octanol–water partition coefficient (Wildman–Crippen LogP) is 4.11. The van der Waals surface area contributed by atoms with Gasteiger partial charge in [0.25, 0.3) is 0 Å². The van der Waals surface area contributed by atoms with Gasteiger partial charge in [0.1, 0.15) is 5.82 Å². The number of likely N-dealkylation sites (tertiary alicyclic amines) is 1. The molecular formula is C27H43FN4O4S. The molecule has 208 valence electrons. The van der Waals surface area contributed by atoms with E-state index in [4.69, 9.17) is 0 Å². The lowest BCUT2D eigenvalue weighted by Crippen LogP contribution is -2.53. The van der Waals surface area contributed by atoms with E-state index in [0.29, 0.717) is 38.8 Å². The first-order valence-corrected chi connectivity index (χ1v) is 15.4. The zero-order valence-electron chi connectivity index (χ0n) is 22.3. The fraction of sp³-hybridized carbons (Fsp3) is 0.704. The molecule has 2 fully saturated rings. The average Bonchev–Trinajstić information content (AvgIpc) is 2.88. The van der Waals surface area contributed by atoms with Gasteiger partial charge >= 0.3 is 6.03 Å². The quantitative estimate of drug-likeness (QED) is 0.459. The van der Waals surface area contributed by atoms with Crippen LogP contribution in [0.5, 0.6) is 0 Å². The smallest absolute Gasteiger partial charge is 0.317 e. The van der Waals surface area contributed by atoms with Crippen molar-refractivity contribution in [2.45, 2.75) is 90.3 Å². The van der Waals surface area contributed by atoms with E-state index in [9.17, 15) is 22.4 Å². The number of hydrogen-bond acceptors (Lipinski definition) is 4. The van der Waals surface area contributed by atoms with Crippen LogP contribution in [0.15, 0.2) is 24.3 Å². The minimum absolute atomic E-state index is 0.00668. The van der Waals surface area contributed by atoms with Crippen LogP contribution >= 0.6 is 0 Å². The lowest BCUT2D eigenvalue weighted by molar-refractivity contribution is -0.135. The van der Waals surface area contributed by atoms with E-state index in [-0.39, 0.29) is 55.2 Å². The first-order chi connectivity index (χ1) is 17.7. The number of nitrogens with one attached hydrogen (secondary N) is 1. The monoisotopic (exact) mass is 538 g/mol. The lowest BCUT2D eigenvalue weighted by Gasteiger charge is -2.40. The second-order valence-corrected chi connectivity index (χ2v) is 12.4. The molecule has 1 aromatic carbocycles. The van der Waals surface area contributed by atoms with Crippen LogP contribution in [0.25, 0.3) is 0 Å². The molecule has 1 saturated heterocycles. The fourth-order valence-electron chi connectivity index (χ4n) is 5.30. The Morgan fingerprint density at radius 2 is 1.65 bits per heavy atom. The van der Waals surface area contributed by atoms with Gasteiger partial charge in [-0.3, -0.25) is 4.79 Å². The van der Waals surface area contributed by atoms with Crippen LogP contribution in [0, 0.1) is 5.82 Å². The number of rotatable bonds is 11. The standard InChI is InChI=1S/C27H43FN4O4S/c1-3-16-31(37(35,36)19-4-2)21-26(33)32(20-22-10-12-23(28)13-11-22)25-14-17-30(18-15-25)27(34)29-24-8-6-5-7-9-24/h10-13,24-25H,3-9,14-21H2,1-2H3,(H,29,34). The highest BCUT2D eigenvalue weighted by Gasteiger charge is 2.33. The molecular weight excluding hydrogens is 495 g/mol. The van der Waals surface area contributed by atoms with Gasteiger partial charge in [0.2, 0.25) is 15.9 Å². The maximum absolute atomic E-state index is 13.6. The van der Waals surface area contributed by atoms with E-state index in [2.05, 4.69) is 5.32 Å². The van der Waals surface area contributed by atoms with Crippen molar-refractivity contribution in [3.63, 3.8) is 0 Å². The van der Waals surface area contributed by atoms with Crippen molar-refractivity contribution in [1.82, 2.24) is 19.4 Å². The number of hydrogen-bond donors (Lipinski definition) is 1.